The number of para-hydroxylation sites is 1. The summed E-state index contributed by atoms with van der Waals surface area (Å²) in [6, 6.07) is 19.8. The van der Waals surface area contributed by atoms with Gasteiger partial charge in [-0.2, -0.15) is 0 Å². The minimum Gasteiger partial charge on any atom is -0.488 e. The Morgan fingerprint density at radius 1 is 1.00 bits per heavy atom. The fraction of sp³-hybridized carbons (Fsp3) is 0.0435. The van der Waals surface area contributed by atoms with Gasteiger partial charge < -0.3 is 4.74 Å². The largest absolute Gasteiger partial charge is 0.488 e. The maximum atomic E-state index is 12.9. The maximum Gasteiger partial charge on any atom is 0.282 e. The molecule has 8 heteroatoms. The summed E-state index contributed by atoms with van der Waals surface area (Å²) in [7, 11) is 0. The molecule has 0 aromatic heterocycles. The number of nitrogens with one attached hydrogen (secondary N) is 1. The van der Waals surface area contributed by atoms with Crippen LogP contribution in [0.1, 0.15) is 11.1 Å². The number of hydrogen-bond donors (Lipinski definition) is 1. The molecular formula is C23H15Br2ClN2O3. The van der Waals surface area contributed by atoms with Crippen LogP contribution in [0.2, 0.25) is 5.02 Å². The smallest absolute Gasteiger partial charge is 0.282 e. The molecule has 1 aliphatic rings. The van der Waals surface area contributed by atoms with Gasteiger partial charge in [0.25, 0.3) is 11.8 Å². The van der Waals surface area contributed by atoms with Gasteiger partial charge >= 0.3 is 0 Å². The second-order valence-electron chi connectivity index (χ2n) is 6.68. The van der Waals surface area contributed by atoms with Crippen LogP contribution in [0, 0.1) is 0 Å². The predicted molar refractivity (Wildman–Crippen MR) is 128 cm³/mol. The van der Waals surface area contributed by atoms with Crippen LogP contribution in [0.25, 0.3) is 6.08 Å². The molecule has 0 unspecified atom stereocenters. The van der Waals surface area contributed by atoms with Gasteiger partial charge in [0, 0.05) is 25.1 Å². The van der Waals surface area contributed by atoms with E-state index in [0.717, 1.165) is 14.5 Å². The number of hydrazine groups is 1. The topological polar surface area (TPSA) is 58.6 Å². The van der Waals surface area contributed by atoms with Gasteiger partial charge in [-0.1, -0.05) is 67.7 Å². The molecule has 4 rings (SSSR count). The van der Waals surface area contributed by atoms with Crippen LogP contribution in [0.5, 0.6) is 5.75 Å². The van der Waals surface area contributed by atoms with E-state index in [1.165, 1.54) is 11.1 Å². The Morgan fingerprint density at radius 2 is 1.77 bits per heavy atom. The molecule has 1 N–H and O–H groups in total. The third-order valence-electron chi connectivity index (χ3n) is 4.58. The molecule has 0 saturated carbocycles. The lowest BCUT2D eigenvalue weighted by atomic mass is 10.1. The molecule has 0 bridgehead atoms. The number of amides is 2. The van der Waals surface area contributed by atoms with E-state index in [-0.39, 0.29) is 5.57 Å². The summed E-state index contributed by atoms with van der Waals surface area (Å²) in [4.78, 5) is 25.4. The highest BCUT2D eigenvalue weighted by atomic mass is 79.9. The Morgan fingerprint density at radius 3 is 2.52 bits per heavy atom. The van der Waals surface area contributed by atoms with Gasteiger partial charge in [-0.05, 0) is 48.5 Å². The molecule has 0 atom stereocenters. The van der Waals surface area contributed by atoms with Gasteiger partial charge in [-0.3, -0.25) is 15.0 Å². The summed E-state index contributed by atoms with van der Waals surface area (Å²) < 4.78 is 7.84. The third-order valence-corrected chi connectivity index (χ3v) is 6.04. The van der Waals surface area contributed by atoms with Crippen LogP contribution in [0.15, 0.2) is 81.2 Å². The molecule has 1 saturated heterocycles. The zero-order chi connectivity index (χ0) is 22.0. The van der Waals surface area contributed by atoms with Crippen LogP contribution in [-0.4, -0.2) is 11.8 Å². The van der Waals surface area contributed by atoms with Crippen LogP contribution >= 0.6 is 43.5 Å². The molecule has 1 fully saturated rings. The van der Waals surface area contributed by atoms with Crippen molar-refractivity contribution >= 4 is 67.0 Å². The molecule has 2 amide bonds. The molecule has 0 radical (unpaired) electrons. The van der Waals surface area contributed by atoms with E-state index in [4.69, 9.17) is 16.3 Å². The minimum absolute atomic E-state index is 0.000733. The van der Waals surface area contributed by atoms with Crippen LogP contribution in [0.4, 0.5) is 5.69 Å². The number of rotatable bonds is 5. The van der Waals surface area contributed by atoms with Gasteiger partial charge in [0.1, 0.15) is 17.9 Å². The summed E-state index contributed by atoms with van der Waals surface area (Å²) in [6.07, 6.45) is 1.50. The maximum absolute atomic E-state index is 12.9. The number of ether oxygens (including phenoxy) is 1. The van der Waals surface area contributed by atoms with Crippen molar-refractivity contribution in [3.05, 3.63) is 97.4 Å². The number of benzene rings is 3. The van der Waals surface area contributed by atoms with E-state index in [0.29, 0.717) is 28.6 Å². The average molecular weight is 563 g/mol. The molecule has 3 aromatic carbocycles. The number of halogens is 3. The minimum atomic E-state index is -0.490. The first-order chi connectivity index (χ1) is 14.9. The Kier molecular flexibility index (Phi) is 6.46. The highest BCUT2D eigenvalue weighted by Gasteiger charge is 2.34. The van der Waals surface area contributed by atoms with Gasteiger partial charge in [0.05, 0.1) is 5.69 Å². The van der Waals surface area contributed by atoms with Crippen molar-refractivity contribution in [3.8, 4) is 5.75 Å². The Labute approximate surface area is 200 Å². The third kappa shape index (κ3) is 4.84. The first-order valence-corrected chi connectivity index (χ1v) is 11.2. The molecule has 0 spiro atoms. The van der Waals surface area contributed by atoms with Crippen molar-refractivity contribution in [2.75, 3.05) is 5.01 Å². The number of anilines is 1. The highest BCUT2D eigenvalue weighted by molar-refractivity contribution is 9.11. The zero-order valence-corrected chi connectivity index (χ0v) is 19.9. The average Bonchev–Trinajstić information content (AvgIpc) is 3.03. The molecule has 1 aliphatic heterocycles. The normalized spacial score (nSPS) is 14.8. The van der Waals surface area contributed by atoms with E-state index in [9.17, 15) is 9.59 Å². The molecule has 3 aromatic rings. The Balaban J connectivity index is 1.62. The lowest BCUT2D eigenvalue weighted by molar-refractivity contribution is -0.117. The molecule has 0 aliphatic carbocycles. The van der Waals surface area contributed by atoms with Crippen LogP contribution in [-0.2, 0) is 16.2 Å². The fourth-order valence-corrected chi connectivity index (χ4v) is 4.37. The van der Waals surface area contributed by atoms with Gasteiger partial charge in [0.15, 0.2) is 0 Å². The highest BCUT2D eigenvalue weighted by Crippen LogP contribution is 2.30. The first-order valence-electron chi connectivity index (χ1n) is 9.21. The summed E-state index contributed by atoms with van der Waals surface area (Å²) in [5.74, 6) is -0.432. The van der Waals surface area contributed by atoms with Crippen molar-refractivity contribution in [1.82, 2.24) is 5.43 Å². The lowest BCUT2D eigenvalue weighted by Crippen LogP contribution is -2.35. The molecule has 156 valence electrons. The summed E-state index contributed by atoms with van der Waals surface area (Å²) in [6.45, 7) is 0.294. The molecule has 5 nitrogen and oxygen atoms in total. The van der Waals surface area contributed by atoms with Crippen molar-refractivity contribution in [3.63, 3.8) is 0 Å². The zero-order valence-electron chi connectivity index (χ0n) is 15.9. The number of hydrogen-bond acceptors (Lipinski definition) is 3. The lowest BCUT2D eigenvalue weighted by Gasteiger charge is -2.14. The SMILES string of the molecule is O=C1NN(c2ccccc2)C(=O)/C1=C\c1cc(Cl)ccc1OCc1ccc(Br)cc1Br. The first kappa shape index (κ1) is 21.6. The van der Waals surface area contributed by atoms with Crippen LogP contribution in [0.3, 0.4) is 0 Å². The summed E-state index contributed by atoms with van der Waals surface area (Å²) >= 11 is 13.1. The summed E-state index contributed by atoms with van der Waals surface area (Å²) in [5, 5.41) is 1.69. The van der Waals surface area contributed by atoms with Crippen molar-refractivity contribution in [2.24, 2.45) is 0 Å². The van der Waals surface area contributed by atoms with Crippen molar-refractivity contribution < 1.29 is 14.3 Å². The second kappa shape index (κ2) is 9.26. The quantitative estimate of drug-likeness (QED) is 0.311. The number of nitrogens with zero attached hydrogens (tertiary/aromatic N) is 1. The Hall–Kier alpha value is -2.61. The van der Waals surface area contributed by atoms with E-state index < -0.39 is 11.8 Å². The van der Waals surface area contributed by atoms with E-state index >= 15 is 0 Å². The monoisotopic (exact) mass is 560 g/mol. The van der Waals surface area contributed by atoms with Gasteiger partial charge in [0.2, 0.25) is 0 Å². The van der Waals surface area contributed by atoms with Gasteiger partial charge in [-0.25, -0.2) is 5.01 Å². The molecular weight excluding hydrogens is 548 g/mol. The van der Waals surface area contributed by atoms with E-state index in [1.807, 2.05) is 24.3 Å². The van der Waals surface area contributed by atoms with E-state index in [2.05, 4.69) is 37.3 Å². The second-order valence-corrected chi connectivity index (χ2v) is 8.89. The number of carbonyl (C=O) groups excluding carboxylic acids is 2. The van der Waals surface area contributed by atoms with Crippen LogP contribution < -0.4 is 15.2 Å². The molecule has 1 heterocycles. The van der Waals surface area contributed by atoms with E-state index in [1.54, 1.807) is 42.5 Å². The number of carbonyl (C=O) groups is 2. The van der Waals surface area contributed by atoms with Crippen molar-refractivity contribution in [1.29, 1.82) is 0 Å². The van der Waals surface area contributed by atoms with Gasteiger partial charge in [-0.15, -0.1) is 0 Å². The standard InChI is InChI=1S/C23H15Br2ClN2O3/c24-16-7-6-14(20(25)12-16)13-31-21-9-8-17(26)10-15(21)11-19-22(29)27-28(23(19)30)18-4-2-1-3-5-18/h1-12H,13H2,(H,27,29)/b19-11-. The Bertz CT molecular complexity index is 1200. The van der Waals surface area contributed by atoms with Crippen molar-refractivity contribution in [2.45, 2.75) is 6.61 Å². The molecule has 31 heavy (non-hydrogen) atoms. The fourth-order valence-electron chi connectivity index (χ4n) is 3.03. The predicted octanol–water partition coefficient (Wildman–Crippen LogP) is 5.91. The summed E-state index contributed by atoms with van der Waals surface area (Å²) in [5.41, 5.74) is 4.65.